The van der Waals surface area contributed by atoms with Crippen molar-refractivity contribution in [2.45, 2.75) is 19.4 Å². The Morgan fingerprint density at radius 1 is 1.23 bits per heavy atom. The van der Waals surface area contributed by atoms with Gasteiger partial charge in [0.05, 0.1) is 5.92 Å². The van der Waals surface area contributed by atoms with E-state index in [4.69, 9.17) is 4.74 Å². The number of anilines is 1. The molecule has 0 spiro atoms. The standard InChI is InChI=1S/C18H20N2O2/c1-13(14-5-3-2-4-6-14)18(21)20-16-7-8-17-15(11-16)12-19-9-10-22-17/h2-8,11,13,19H,9-10,12H2,1H3,(H,20,21). The summed E-state index contributed by atoms with van der Waals surface area (Å²) in [5.41, 5.74) is 2.89. The van der Waals surface area contributed by atoms with Gasteiger partial charge < -0.3 is 15.4 Å². The Labute approximate surface area is 130 Å². The van der Waals surface area contributed by atoms with Crippen LogP contribution in [0.3, 0.4) is 0 Å². The third kappa shape index (κ3) is 3.28. The number of fused-ring (bicyclic) bond motifs is 1. The van der Waals surface area contributed by atoms with Gasteiger partial charge in [-0.3, -0.25) is 4.79 Å². The molecule has 1 amide bonds. The molecular formula is C18H20N2O2. The predicted octanol–water partition coefficient (Wildman–Crippen LogP) is 2.91. The second-order valence-corrected chi connectivity index (χ2v) is 5.47. The molecule has 1 aliphatic rings. The van der Waals surface area contributed by atoms with Crippen LogP contribution in [0.1, 0.15) is 24.0 Å². The Hall–Kier alpha value is -2.33. The SMILES string of the molecule is CC(C(=O)Nc1ccc2c(c1)CNCCO2)c1ccccc1. The van der Waals surface area contributed by atoms with Crippen LogP contribution in [0.5, 0.6) is 5.75 Å². The molecule has 2 aromatic rings. The van der Waals surface area contributed by atoms with Gasteiger partial charge in [0.1, 0.15) is 12.4 Å². The van der Waals surface area contributed by atoms with Crippen LogP contribution in [0, 0.1) is 0 Å². The first-order valence-corrected chi connectivity index (χ1v) is 7.56. The molecule has 4 heteroatoms. The topological polar surface area (TPSA) is 50.4 Å². The molecule has 4 nitrogen and oxygen atoms in total. The van der Waals surface area contributed by atoms with Crippen molar-refractivity contribution in [3.63, 3.8) is 0 Å². The van der Waals surface area contributed by atoms with Gasteiger partial charge >= 0.3 is 0 Å². The molecule has 0 radical (unpaired) electrons. The number of hydrogen-bond donors (Lipinski definition) is 2. The molecule has 1 aliphatic heterocycles. The van der Waals surface area contributed by atoms with Crippen LogP contribution < -0.4 is 15.4 Å². The lowest BCUT2D eigenvalue weighted by Crippen LogP contribution is -2.19. The van der Waals surface area contributed by atoms with Gasteiger partial charge in [-0.25, -0.2) is 0 Å². The Morgan fingerprint density at radius 3 is 2.86 bits per heavy atom. The average molecular weight is 296 g/mol. The third-order valence-electron chi connectivity index (χ3n) is 3.87. The zero-order valence-electron chi connectivity index (χ0n) is 12.6. The fourth-order valence-electron chi connectivity index (χ4n) is 2.54. The van der Waals surface area contributed by atoms with Crippen molar-refractivity contribution in [2.24, 2.45) is 0 Å². The van der Waals surface area contributed by atoms with Crippen LogP contribution in [0.15, 0.2) is 48.5 Å². The van der Waals surface area contributed by atoms with Crippen LogP contribution in [0.2, 0.25) is 0 Å². The lowest BCUT2D eigenvalue weighted by molar-refractivity contribution is -0.117. The van der Waals surface area contributed by atoms with E-state index < -0.39 is 0 Å². The molecule has 1 atom stereocenters. The number of rotatable bonds is 3. The summed E-state index contributed by atoms with van der Waals surface area (Å²) in [5.74, 6) is 0.696. The van der Waals surface area contributed by atoms with Crippen molar-refractivity contribution in [1.29, 1.82) is 0 Å². The first-order chi connectivity index (χ1) is 10.7. The van der Waals surface area contributed by atoms with Gasteiger partial charge in [0.15, 0.2) is 0 Å². The minimum atomic E-state index is -0.186. The second kappa shape index (κ2) is 6.62. The average Bonchev–Trinajstić information content (AvgIpc) is 2.79. The molecule has 0 aliphatic carbocycles. The summed E-state index contributed by atoms with van der Waals surface area (Å²) < 4.78 is 5.65. The summed E-state index contributed by atoms with van der Waals surface area (Å²) in [6.45, 7) is 4.18. The van der Waals surface area contributed by atoms with Crippen molar-refractivity contribution in [3.05, 3.63) is 59.7 Å². The van der Waals surface area contributed by atoms with Crippen molar-refractivity contribution in [2.75, 3.05) is 18.5 Å². The summed E-state index contributed by atoms with van der Waals surface area (Å²) in [6.07, 6.45) is 0. The van der Waals surface area contributed by atoms with E-state index in [9.17, 15) is 4.79 Å². The maximum Gasteiger partial charge on any atom is 0.231 e. The van der Waals surface area contributed by atoms with Crippen LogP contribution in [-0.4, -0.2) is 19.1 Å². The van der Waals surface area contributed by atoms with Crippen molar-refractivity contribution in [3.8, 4) is 5.75 Å². The minimum Gasteiger partial charge on any atom is -0.492 e. The smallest absolute Gasteiger partial charge is 0.231 e. The monoisotopic (exact) mass is 296 g/mol. The van der Waals surface area contributed by atoms with Crippen molar-refractivity contribution >= 4 is 11.6 Å². The molecule has 2 N–H and O–H groups in total. The molecule has 0 bridgehead atoms. The lowest BCUT2D eigenvalue weighted by atomic mass is 10.0. The van der Waals surface area contributed by atoms with E-state index in [1.165, 1.54) is 0 Å². The molecule has 2 aromatic carbocycles. The van der Waals surface area contributed by atoms with Gasteiger partial charge in [-0.2, -0.15) is 0 Å². The molecule has 1 unspecified atom stereocenters. The van der Waals surface area contributed by atoms with Gasteiger partial charge in [0.25, 0.3) is 0 Å². The second-order valence-electron chi connectivity index (χ2n) is 5.47. The summed E-state index contributed by atoms with van der Waals surface area (Å²) >= 11 is 0. The quantitative estimate of drug-likeness (QED) is 0.915. The molecule has 0 saturated heterocycles. The van der Waals surface area contributed by atoms with E-state index >= 15 is 0 Å². The Morgan fingerprint density at radius 2 is 2.05 bits per heavy atom. The molecule has 22 heavy (non-hydrogen) atoms. The van der Waals surface area contributed by atoms with E-state index in [0.29, 0.717) is 6.61 Å². The largest absolute Gasteiger partial charge is 0.492 e. The molecule has 0 fully saturated rings. The number of carbonyl (C=O) groups excluding carboxylic acids is 1. The van der Waals surface area contributed by atoms with Crippen LogP contribution >= 0.6 is 0 Å². The lowest BCUT2D eigenvalue weighted by Gasteiger charge is -2.14. The van der Waals surface area contributed by atoms with Gasteiger partial charge in [-0.05, 0) is 30.7 Å². The maximum absolute atomic E-state index is 12.4. The number of ether oxygens (including phenoxy) is 1. The molecule has 0 saturated carbocycles. The van der Waals surface area contributed by atoms with Crippen LogP contribution in [0.4, 0.5) is 5.69 Å². The Bertz CT molecular complexity index is 655. The zero-order chi connectivity index (χ0) is 15.4. The summed E-state index contributed by atoms with van der Waals surface area (Å²) in [6, 6.07) is 15.6. The van der Waals surface area contributed by atoms with Crippen LogP contribution in [-0.2, 0) is 11.3 Å². The predicted molar refractivity (Wildman–Crippen MR) is 87.1 cm³/mol. The fourth-order valence-corrected chi connectivity index (χ4v) is 2.54. The van der Waals surface area contributed by atoms with Crippen molar-refractivity contribution < 1.29 is 9.53 Å². The Kier molecular flexibility index (Phi) is 4.39. The fraction of sp³-hybridized carbons (Fsp3) is 0.278. The summed E-state index contributed by atoms with van der Waals surface area (Å²) in [4.78, 5) is 12.4. The van der Waals surface area contributed by atoms with E-state index in [1.54, 1.807) is 0 Å². The highest BCUT2D eigenvalue weighted by Crippen LogP contribution is 2.25. The molecule has 3 rings (SSSR count). The van der Waals surface area contributed by atoms with Gasteiger partial charge in [0, 0.05) is 24.3 Å². The number of carbonyl (C=O) groups is 1. The van der Waals surface area contributed by atoms with E-state index in [-0.39, 0.29) is 11.8 Å². The number of benzene rings is 2. The number of hydrogen-bond acceptors (Lipinski definition) is 3. The van der Waals surface area contributed by atoms with Gasteiger partial charge in [-0.1, -0.05) is 30.3 Å². The van der Waals surface area contributed by atoms with E-state index in [1.807, 2.05) is 55.5 Å². The minimum absolute atomic E-state index is 0.00588. The van der Waals surface area contributed by atoms with Gasteiger partial charge in [0.2, 0.25) is 5.91 Å². The maximum atomic E-state index is 12.4. The molecule has 114 valence electrons. The highest BCUT2D eigenvalue weighted by atomic mass is 16.5. The van der Waals surface area contributed by atoms with Gasteiger partial charge in [-0.15, -0.1) is 0 Å². The molecule has 0 aromatic heterocycles. The first kappa shape index (κ1) is 14.6. The van der Waals surface area contributed by atoms with Crippen LogP contribution in [0.25, 0.3) is 0 Å². The highest BCUT2D eigenvalue weighted by Gasteiger charge is 2.16. The zero-order valence-corrected chi connectivity index (χ0v) is 12.6. The number of nitrogens with one attached hydrogen (secondary N) is 2. The Balaban J connectivity index is 1.73. The third-order valence-corrected chi connectivity index (χ3v) is 3.87. The van der Waals surface area contributed by atoms with Crippen molar-refractivity contribution in [1.82, 2.24) is 5.32 Å². The van der Waals surface area contributed by atoms with E-state index in [2.05, 4.69) is 10.6 Å². The normalized spacial score (nSPS) is 15.1. The summed E-state index contributed by atoms with van der Waals surface area (Å²) in [7, 11) is 0. The number of amides is 1. The highest BCUT2D eigenvalue weighted by molar-refractivity contribution is 5.95. The van der Waals surface area contributed by atoms with E-state index in [0.717, 1.165) is 35.7 Å². The first-order valence-electron chi connectivity index (χ1n) is 7.56. The molecule has 1 heterocycles. The summed E-state index contributed by atoms with van der Waals surface area (Å²) in [5, 5.41) is 6.28. The molecular weight excluding hydrogens is 276 g/mol.